The van der Waals surface area contributed by atoms with Crippen LogP contribution >= 0.6 is 11.8 Å². The van der Waals surface area contributed by atoms with Crippen LogP contribution in [0.4, 0.5) is 10.5 Å². The summed E-state index contributed by atoms with van der Waals surface area (Å²) in [5.74, 6) is -0.381. The fourth-order valence-corrected chi connectivity index (χ4v) is 5.16. The lowest BCUT2D eigenvalue weighted by Gasteiger charge is -2.27. The smallest absolute Gasteiger partial charge is 0.408 e. The molecule has 0 spiro atoms. The molecule has 3 N–H and O–H groups in total. The molecule has 1 aliphatic rings. The molecule has 3 rings (SSSR count). The number of nitro groups is 1. The zero-order valence-electron chi connectivity index (χ0n) is 26.3. The van der Waals surface area contributed by atoms with Crippen LogP contribution in [0.2, 0.25) is 0 Å². The Morgan fingerprint density at radius 2 is 1.68 bits per heavy atom. The maximum absolute atomic E-state index is 13.8. The number of nitrogens with zero attached hydrogens (tertiary/aromatic N) is 1. The van der Waals surface area contributed by atoms with E-state index in [1.807, 2.05) is 74.7 Å². The molecule has 3 atom stereocenters. The first kappa shape index (κ1) is 35.9. The van der Waals surface area contributed by atoms with Crippen LogP contribution in [0.1, 0.15) is 52.7 Å². The Morgan fingerprint density at radius 1 is 1.05 bits per heavy atom. The quantitative estimate of drug-likeness (QED) is 0.133. The Labute approximate surface area is 265 Å². The molecule has 44 heavy (non-hydrogen) atoms. The van der Waals surface area contributed by atoms with Gasteiger partial charge in [0.15, 0.2) is 0 Å². The van der Waals surface area contributed by atoms with Crippen molar-refractivity contribution in [3.8, 4) is 0 Å². The van der Waals surface area contributed by atoms with E-state index >= 15 is 0 Å². The second kappa shape index (κ2) is 17.7. The van der Waals surface area contributed by atoms with E-state index in [1.54, 1.807) is 50.7 Å². The number of hydrogen-bond acceptors (Lipinski definition) is 7. The molecule has 2 amide bonds. The van der Waals surface area contributed by atoms with E-state index in [9.17, 15) is 19.7 Å². The molecule has 2 aromatic rings. The molecule has 0 aliphatic carbocycles. The van der Waals surface area contributed by atoms with E-state index in [-0.39, 0.29) is 23.4 Å². The molecule has 0 radical (unpaired) electrons. The number of nitrogens with one attached hydrogen (secondary N) is 3. The maximum Gasteiger partial charge on any atom is 0.408 e. The predicted molar refractivity (Wildman–Crippen MR) is 179 cm³/mol. The first-order valence-electron chi connectivity index (χ1n) is 14.6. The van der Waals surface area contributed by atoms with E-state index in [2.05, 4.69) is 22.5 Å². The van der Waals surface area contributed by atoms with Gasteiger partial charge in [-0.3, -0.25) is 14.9 Å². The Hall–Kier alpha value is -4.31. The summed E-state index contributed by atoms with van der Waals surface area (Å²) in [6.45, 7) is 15.0. The third kappa shape index (κ3) is 12.1. The van der Waals surface area contributed by atoms with Gasteiger partial charge >= 0.3 is 6.09 Å². The molecule has 1 aliphatic heterocycles. The van der Waals surface area contributed by atoms with Gasteiger partial charge in [-0.15, -0.1) is 11.8 Å². The second-order valence-corrected chi connectivity index (χ2v) is 11.8. The molecule has 2 aromatic carbocycles. The number of rotatable bonds is 12. The van der Waals surface area contributed by atoms with Gasteiger partial charge in [0.2, 0.25) is 5.91 Å². The van der Waals surface area contributed by atoms with E-state index in [0.29, 0.717) is 6.42 Å². The zero-order valence-corrected chi connectivity index (χ0v) is 27.1. The minimum Gasteiger partial charge on any atom is -0.444 e. The number of amides is 2. The normalized spacial score (nSPS) is 16.0. The predicted octanol–water partition coefficient (Wildman–Crippen LogP) is 6.98. The van der Waals surface area contributed by atoms with E-state index in [1.165, 1.54) is 12.1 Å². The highest BCUT2D eigenvalue weighted by atomic mass is 32.2. The second-order valence-electron chi connectivity index (χ2n) is 10.8. The summed E-state index contributed by atoms with van der Waals surface area (Å²) in [4.78, 5) is 37.2. The first-order valence-corrected chi connectivity index (χ1v) is 15.5. The summed E-state index contributed by atoms with van der Waals surface area (Å²) in [5, 5.41) is 22.4. The number of carbonyl (C=O) groups excluding carboxylic acids is 2. The SMILES string of the molecule is C=C/C=C\C=C(/C)C1NC([C@H](Cc2ccc([N+](=O)[O-])cc2)NC(=O)[C@H](Cc2ccccc2)NC(=O)OC(C)(C)C)=CS1.CC. The third-order valence-corrected chi connectivity index (χ3v) is 7.37. The summed E-state index contributed by atoms with van der Waals surface area (Å²) >= 11 is 1.59. The van der Waals surface area contributed by atoms with Crippen molar-refractivity contribution in [3.05, 3.63) is 123 Å². The Kier molecular flexibility index (Phi) is 14.5. The average molecular weight is 621 g/mol. The van der Waals surface area contributed by atoms with Gasteiger partial charge in [-0.05, 0) is 56.2 Å². The summed E-state index contributed by atoms with van der Waals surface area (Å²) in [6.07, 6.45) is 7.41. The van der Waals surface area contributed by atoms with Crippen molar-refractivity contribution in [2.24, 2.45) is 0 Å². The van der Waals surface area contributed by atoms with Crippen molar-refractivity contribution in [1.29, 1.82) is 0 Å². The molecule has 0 saturated heterocycles. The van der Waals surface area contributed by atoms with Crippen LogP contribution in [0.25, 0.3) is 0 Å². The molecular formula is C34H44N4O5S. The zero-order chi connectivity index (χ0) is 32.7. The Morgan fingerprint density at radius 3 is 2.27 bits per heavy atom. The van der Waals surface area contributed by atoms with Crippen molar-refractivity contribution >= 4 is 29.4 Å². The lowest BCUT2D eigenvalue weighted by molar-refractivity contribution is -0.384. The van der Waals surface area contributed by atoms with Gasteiger partial charge in [0.1, 0.15) is 11.6 Å². The largest absolute Gasteiger partial charge is 0.444 e. The number of allylic oxidation sites excluding steroid dienone is 4. The van der Waals surface area contributed by atoms with E-state index in [4.69, 9.17) is 4.74 Å². The van der Waals surface area contributed by atoms with Crippen molar-refractivity contribution in [1.82, 2.24) is 16.0 Å². The third-order valence-electron chi connectivity index (χ3n) is 6.22. The van der Waals surface area contributed by atoms with Crippen molar-refractivity contribution in [2.45, 2.75) is 77.4 Å². The fourth-order valence-electron chi connectivity index (χ4n) is 4.15. The minimum atomic E-state index is -0.905. The monoisotopic (exact) mass is 620 g/mol. The van der Waals surface area contributed by atoms with Crippen LogP contribution in [0, 0.1) is 10.1 Å². The summed E-state index contributed by atoms with van der Waals surface area (Å²) < 4.78 is 5.44. The van der Waals surface area contributed by atoms with Gasteiger partial charge in [-0.2, -0.15) is 0 Å². The Balaban J connectivity index is 0.00000330. The standard InChI is InChI=1S/C32H38N4O5S.C2H6/c1-6-7-9-12-22(2)30-34-28(21-42-30)26(19-24-15-17-25(18-16-24)36(39)40)33-29(37)27(20-23-13-10-8-11-14-23)35-31(38)41-32(3,4)5;1-2/h6-18,21,26-27,30,34H,1,19-20H2,2-5H3,(H,33,37)(H,35,38);1-2H3/b9-7-,22-12+;/t26-,27-,30?;/m0./s1. The average Bonchev–Trinajstić information content (AvgIpc) is 3.48. The molecule has 1 heterocycles. The number of carbonyl (C=O) groups is 2. The van der Waals surface area contributed by atoms with Gasteiger partial charge in [0, 0.05) is 24.3 Å². The van der Waals surface area contributed by atoms with Crippen LogP contribution in [0.3, 0.4) is 0 Å². The van der Waals surface area contributed by atoms with Gasteiger partial charge in [-0.1, -0.05) is 87.2 Å². The fraction of sp³-hybridized carbons (Fsp3) is 0.353. The van der Waals surface area contributed by atoms with Gasteiger partial charge < -0.3 is 20.7 Å². The molecule has 0 bridgehead atoms. The van der Waals surface area contributed by atoms with Crippen molar-refractivity contribution in [3.63, 3.8) is 0 Å². The summed E-state index contributed by atoms with van der Waals surface area (Å²) in [5.41, 5.74) is 2.83. The van der Waals surface area contributed by atoms with E-state index < -0.39 is 28.7 Å². The highest BCUT2D eigenvalue weighted by Crippen LogP contribution is 2.29. The number of alkyl carbamates (subject to hydrolysis) is 1. The molecule has 1 unspecified atom stereocenters. The van der Waals surface area contributed by atoms with Crippen LogP contribution in [0.5, 0.6) is 0 Å². The molecule has 236 valence electrons. The van der Waals surface area contributed by atoms with Gasteiger partial charge in [0.25, 0.3) is 5.69 Å². The number of thioether (sulfide) groups is 1. The number of ether oxygens (including phenoxy) is 1. The number of benzene rings is 2. The summed E-state index contributed by atoms with van der Waals surface area (Å²) in [7, 11) is 0. The van der Waals surface area contributed by atoms with Gasteiger partial charge in [-0.25, -0.2) is 4.79 Å². The molecular weight excluding hydrogens is 576 g/mol. The highest BCUT2D eigenvalue weighted by molar-refractivity contribution is 8.03. The topological polar surface area (TPSA) is 123 Å². The molecule has 0 fully saturated rings. The van der Waals surface area contributed by atoms with Crippen molar-refractivity contribution < 1.29 is 19.2 Å². The van der Waals surface area contributed by atoms with Crippen LogP contribution in [0.15, 0.2) is 102 Å². The molecule has 10 heteroatoms. The Bertz CT molecular complexity index is 1350. The number of nitro benzene ring substituents is 1. The van der Waals surface area contributed by atoms with Crippen LogP contribution in [-0.4, -0.2) is 40.0 Å². The number of non-ortho nitro benzene ring substituents is 1. The highest BCUT2D eigenvalue weighted by Gasteiger charge is 2.30. The van der Waals surface area contributed by atoms with Crippen molar-refractivity contribution in [2.75, 3.05) is 0 Å². The number of hydrogen-bond donors (Lipinski definition) is 3. The van der Waals surface area contributed by atoms with E-state index in [0.717, 1.165) is 22.4 Å². The van der Waals surface area contributed by atoms with Crippen LogP contribution < -0.4 is 16.0 Å². The molecule has 9 nitrogen and oxygen atoms in total. The van der Waals surface area contributed by atoms with Gasteiger partial charge in [0.05, 0.1) is 16.3 Å². The molecule has 0 aromatic heterocycles. The lowest BCUT2D eigenvalue weighted by atomic mass is 10.0. The lowest BCUT2D eigenvalue weighted by Crippen LogP contribution is -2.53. The minimum absolute atomic E-state index is 0.00834. The molecule has 0 saturated carbocycles. The maximum atomic E-state index is 13.8. The first-order chi connectivity index (χ1) is 20.9. The van der Waals surface area contributed by atoms with Crippen LogP contribution in [-0.2, 0) is 22.4 Å². The summed E-state index contributed by atoms with van der Waals surface area (Å²) in [6, 6.07) is 14.3.